The van der Waals surface area contributed by atoms with Gasteiger partial charge in [0.15, 0.2) is 5.78 Å². The predicted octanol–water partition coefficient (Wildman–Crippen LogP) is 2.63. The van der Waals surface area contributed by atoms with Gasteiger partial charge in [0.2, 0.25) is 0 Å². The number of hydrogen-bond acceptors (Lipinski definition) is 2. The van der Waals surface area contributed by atoms with E-state index < -0.39 is 11.9 Å². The summed E-state index contributed by atoms with van der Waals surface area (Å²) in [6, 6.07) is 7.82. The van der Waals surface area contributed by atoms with Gasteiger partial charge in [-0.25, -0.2) is 0 Å². The fourth-order valence-corrected chi connectivity index (χ4v) is 2.88. The summed E-state index contributed by atoms with van der Waals surface area (Å²) in [4.78, 5) is 23.1. The molecule has 102 valence electrons. The lowest BCUT2D eigenvalue weighted by atomic mass is 9.83. The Kier molecular flexibility index (Phi) is 2.93. The Morgan fingerprint density at radius 2 is 2.10 bits per heavy atom. The second-order valence-corrected chi connectivity index (χ2v) is 5.17. The van der Waals surface area contributed by atoms with Crippen LogP contribution >= 0.6 is 0 Å². The largest absolute Gasteiger partial charge is 0.481 e. The third-order valence-corrected chi connectivity index (χ3v) is 3.88. The Balaban J connectivity index is 2.22. The molecule has 1 N–H and O–H groups in total. The number of nitrogens with zero attached hydrogens (tertiary/aromatic N) is 1. The number of fused-ring (bicyclic) bond motifs is 1. The van der Waals surface area contributed by atoms with Crippen molar-refractivity contribution < 1.29 is 14.7 Å². The summed E-state index contributed by atoms with van der Waals surface area (Å²) in [6.45, 7) is 0. The number of benzene rings is 1. The third-order valence-electron chi connectivity index (χ3n) is 3.88. The van der Waals surface area contributed by atoms with Crippen LogP contribution in [0.15, 0.2) is 36.5 Å². The van der Waals surface area contributed by atoms with Crippen LogP contribution in [-0.2, 0) is 16.6 Å². The number of ketones is 1. The molecule has 1 heterocycles. The van der Waals surface area contributed by atoms with Gasteiger partial charge in [-0.05, 0) is 24.1 Å². The topological polar surface area (TPSA) is 59.3 Å². The van der Waals surface area contributed by atoms with E-state index in [4.69, 9.17) is 0 Å². The van der Waals surface area contributed by atoms with Crippen molar-refractivity contribution in [3.63, 3.8) is 0 Å². The number of carbonyl (C=O) groups is 2. The van der Waals surface area contributed by atoms with Crippen molar-refractivity contribution in [2.24, 2.45) is 13.0 Å². The van der Waals surface area contributed by atoms with Crippen LogP contribution in [-0.4, -0.2) is 21.4 Å². The van der Waals surface area contributed by atoms with Crippen LogP contribution in [0.5, 0.6) is 0 Å². The molecule has 0 fully saturated rings. The average molecular weight is 269 g/mol. The van der Waals surface area contributed by atoms with E-state index in [9.17, 15) is 14.7 Å². The highest BCUT2D eigenvalue weighted by Gasteiger charge is 2.29. The molecule has 1 unspecified atom stereocenters. The van der Waals surface area contributed by atoms with Gasteiger partial charge in [-0.15, -0.1) is 0 Å². The van der Waals surface area contributed by atoms with Crippen LogP contribution in [0.25, 0.3) is 16.5 Å². The molecular formula is C16H15NO3. The van der Waals surface area contributed by atoms with Crippen molar-refractivity contribution >= 4 is 28.2 Å². The normalized spacial score (nSPS) is 19.1. The predicted molar refractivity (Wildman–Crippen MR) is 76.3 cm³/mol. The second kappa shape index (κ2) is 4.63. The number of rotatable bonds is 2. The number of carboxylic acid groups (broad SMARTS) is 1. The van der Waals surface area contributed by atoms with Gasteiger partial charge in [0.05, 0.1) is 5.92 Å². The summed E-state index contributed by atoms with van der Waals surface area (Å²) in [5.41, 5.74) is 2.51. The zero-order valence-corrected chi connectivity index (χ0v) is 11.2. The fraction of sp³-hybridized carbons (Fsp3) is 0.250. The van der Waals surface area contributed by atoms with Gasteiger partial charge in [-0.2, -0.15) is 0 Å². The summed E-state index contributed by atoms with van der Waals surface area (Å²) in [5.74, 6) is -1.46. The Labute approximate surface area is 116 Å². The molecule has 1 aromatic heterocycles. The Hall–Kier alpha value is -2.36. The van der Waals surface area contributed by atoms with E-state index in [0.717, 1.165) is 16.5 Å². The van der Waals surface area contributed by atoms with Crippen LogP contribution < -0.4 is 0 Å². The lowest BCUT2D eigenvalue weighted by Crippen LogP contribution is -2.21. The first-order valence-corrected chi connectivity index (χ1v) is 6.59. The quantitative estimate of drug-likeness (QED) is 0.911. The zero-order chi connectivity index (χ0) is 14.3. The smallest absolute Gasteiger partial charge is 0.311 e. The molecule has 1 aromatic carbocycles. The minimum Gasteiger partial charge on any atom is -0.481 e. The van der Waals surface area contributed by atoms with Gasteiger partial charge in [0.25, 0.3) is 0 Å². The van der Waals surface area contributed by atoms with Gasteiger partial charge in [0.1, 0.15) is 0 Å². The molecule has 2 aromatic rings. The highest BCUT2D eigenvalue weighted by atomic mass is 16.4. The first kappa shape index (κ1) is 12.7. The van der Waals surface area contributed by atoms with Crippen LogP contribution in [0, 0.1) is 5.92 Å². The van der Waals surface area contributed by atoms with E-state index >= 15 is 0 Å². The zero-order valence-electron chi connectivity index (χ0n) is 11.2. The Morgan fingerprint density at radius 1 is 1.35 bits per heavy atom. The minimum absolute atomic E-state index is 0.00503. The Morgan fingerprint density at radius 3 is 2.85 bits per heavy atom. The molecule has 4 heteroatoms. The first-order valence-electron chi connectivity index (χ1n) is 6.59. The standard InChI is InChI=1S/C16H15NO3/c1-17-9-14(11-4-2-3-5-15(11)17)13-8-10(18)6-7-12(13)16(19)20/h2-5,8-9,12H,6-7H2,1H3,(H,19,20). The van der Waals surface area contributed by atoms with Gasteiger partial charge in [-0.3, -0.25) is 9.59 Å². The van der Waals surface area contributed by atoms with Crippen molar-refractivity contribution in [1.29, 1.82) is 0 Å². The SMILES string of the molecule is Cn1cc(C2=CC(=O)CCC2C(=O)O)c2ccccc21. The Bertz CT molecular complexity index is 739. The number of hydrogen-bond donors (Lipinski definition) is 1. The third kappa shape index (κ3) is 1.93. The maximum Gasteiger partial charge on any atom is 0.311 e. The van der Waals surface area contributed by atoms with E-state index in [1.54, 1.807) is 0 Å². The molecule has 1 aliphatic carbocycles. The fourth-order valence-electron chi connectivity index (χ4n) is 2.88. The van der Waals surface area contributed by atoms with Crippen LogP contribution in [0.1, 0.15) is 18.4 Å². The number of aliphatic carboxylic acids is 1. The monoisotopic (exact) mass is 269 g/mol. The lowest BCUT2D eigenvalue weighted by Gasteiger charge is -2.19. The number of para-hydroxylation sites is 1. The number of aromatic nitrogens is 1. The van der Waals surface area contributed by atoms with Crippen molar-refractivity contribution in [3.05, 3.63) is 42.1 Å². The second-order valence-electron chi connectivity index (χ2n) is 5.17. The van der Waals surface area contributed by atoms with E-state index in [2.05, 4.69) is 0 Å². The van der Waals surface area contributed by atoms with E-state index in [0.29, 0.717) is 18.4 Å². The van der Waals surface area contributed by atoms with Crippen molar-refractivity contribution in [1.82, 2.24) is 4.57 Å². The summed E-state index contributed by atoms with van der Waals surface area (Å²) >= 11 is 0. The average Bonchev–Trinajstić information content (AvgIpc) is 2.76. The van der Waals surface area contributed by atoms with Gasteiger partial charge < -0.3 is 9.67 Å². The molecule has 3 rings (SSSR count). The molecular weight excluding hydrogens is 254 g/mol. The van der Waals surface area contributed by atoms with Crippen molar-refractivity contribution in [3.8, 4) is 0 Å². The summed E-state index contributed by atoms with van der Waals surface area (Å²) in [5, 5.41) is 10.4. The van der Waals surface area contributed by atoms with Crippen LogP contribution in [0.3, 0.4) is 0 Å². The lowest BCUT2D eigenvalue weighted by molar-refractivity contribution is -0.140. The van der Waals surface area contributed by atoms with Gasteiger partial charge in [0, 0.05) is 36.1 Å². The van der Waals surface area contributed by atoms with Crippen LogP contribution in [0.2, 0.25) is 0 Å². The molecule has 0 saturated heterocycles. The van der Waals surface area contributed by atoms with E-state index in [1.165, 1.54) is 6.08 Å². The number of aryl methyl sites for hydroxylation is 1. The molecule has 1 atom stereocenters. The van der Waals surface area contributed by atoms with E-state index in [-0.39, 0.29) is 5.78 Å². The molecule has 0 spiro atoms. The summed E-state index contributed by atoms with van der Waals surface area (Å²) in [7, 11) is 1.92. The van der Waals surface area contributed by atoms with Gasteiger partial charge in [-0.1, -0.05) is 18.2 Å². The summed E-state index contributed by atoms with van der Waals surface area (Å²) in [6.07, 6.45) is 4.10. The molecule has 0 saturated carbocycles. The molecule has 0 aliphatic heterocycles. The molecule has 0 bridgehead atoms. The summed E-state index contributed by atoms with van der Waals surface area (Å²) < 4.78 is 1.96. The first-order chi connectivity index (χ1) is 9.58. The molecule has 1 aliphatic rings. The molecule has 4 nitrogen and oxygen atoms in total. The molecule has 20 heavy (non-hydrogen) atoms. The molecule has 0 amide bonds. The number of carbonyl (C=O) groups excluding carboxylic acids is 1. The molecule has 0 radical (unpaired) electrons. The minimum atomic E-state index is -0.864. The van der Waals surface area contributed by atoms with Crippen LogP contribution in [0.4, 0.5) is 0 Å². The van der Waals surface area contributed by atoms with E-state index in [1.807, 2.05) is 42.1 Å². The highest BCUT2D eigenvalue weighted by molar-refractivity contribution is 6.07. The maximum atomic E-state index is 11.7. The van der Waals surface area contributed by atoms with Crippen molar-refractivity contribution in [2.45, 2.75) is 12.8 Å². The van der Waals surface area contributed by atoms with Crippen molar-refractivity contribution in [2.75, 3.05) is 0 Å². The number of carboxylic acids is 1. The number of allylic oxidation sites excluding steroid dienone is 1. The highest BCUT2D eigenvalue weighted by Crippen LogP contribution is 2.36. The maximum absolute atomic E-state index is 11.7. The van der Waals surface area contributed by atoms with Gasteiger partial charge >= 0.3 is 5.97 Å².